The molecule has 2 aromatic carbocycles. The zero-order valence-corrected chi connectivity index (χ0v) is 15.6. The van der Waals surface area contributed by atoms with Crippen LogP contribution < -0.4 is 5.32 Å². The van der Waals surface area contributed by atoms with Crippen molar-refractivity contribution >= 4 is 29.4 Å². The highest BCUT2D eigenvalue weighted by Gasteiger charge is 2.26. The molecule has 1 amide bonds. The number of aliphatic carboxylic acids is 2. The number of carbonyl (C=O) groups excluding carboxylic acids is 1. The van der Waals surface area contributed by atoms with Crippen LogP contribution in [0.2, 0.25) is 5.02 Å². The van der Waals surface area contributed by atoms with Gasteiger partial charge in [0.1, 0.15) is 0 Å². The largest absolute Gasteiger partial charge is 0.481 e. The van der Waals surface area contributed by atoms with E-state index in [9.17, 15) is 19.5 Å². The second-order valence-corrected chi connectivity index (χ2v) is 6.71. The fraction of sp³-hybridized carbons (Fsp3) is 0.250. The molecule has 7 nitrogen and oxygen atoms in total. The molecule has 8 heteroatoms. The predicted molar refractivity (Wildman–Crippen MR) is 103 cm³/mol. The molecule has 4 N–H and O–H groups in total. The van der Waals surface area contributed by atoms with E-state index in [0.29, 0.717) is 10.6 Å². The highest BCUT2D eigenvalue weighted by Crippen LogP contribution is 2.27. The van der Waals surface area contributed by atoms with Gasteiger partial charge in [0.2, 0.25) is 0 Å². The maximum atomic E-state index is 11.6. The Morgan fingerprint density at radius 1 is 1.00 bits per heavy atom. The van der Waals surface area contributed by atoms with Crippen molar-refractivity contribution in [1.29, 1.82) is 0 Å². The van der Waals surface area contributed by atoms with Gasteiger partial charge >= 0.3 is 17.8 Å². The Hall–Kier alpha value is -2.90. The number of halogens is 1. The fourth-order valence-corrected chi connectivity index (χ4v) is 3.08. The molecule has 0 aliphatic heterocycles. The number of hydrogen-bond donors (Lipinski definition) is 4. The first kappa shape index (κ1) is 21.4. The number of hydrogen-bond acceptors (Lipinski definition) is 4. The summed E-state index contributed by atoms with van der Waals surface area (Å²) < 4.78 is 0. The minimum Gasteiger partial charge on any atom is -0.481 e. The van der Waals surface area contributed by atoms with E-state index in [0.717, 1.165) is 11.1 Å². The maximum Gasteiger partial charge on any atom is 0.394 e. The lowest BCUT2D eigenvalue weighted by Gasteiger charge is -2.21. The first-order valence-corrected chi connectivity index (χ1v) is 8.91. The number of nitrogens with one attached hydrogen (secondary N) is 1. The van der Waals surface area contributed by atoms with Crippen molar-refractivity contribution in [1.82, 2.24) is 5.32 Å². The van der Waals surface area contributed by atoms with Gasteiger partial charge in [-0.05, 0) is 35.6 Å². The summed E-state index contributed by atoms with van der Waals surface area (Å²) in [5.41, 5.74) is 2.48. The topological polar surface area (TPSA) is 124 Å². The Kier molecular flexibility index (Phi) is 7.54. The molecule has 0 saturated heterocycles. The van der Waals surface area contributed by atoms with Crippen molar-refractivity contribution in [2.75, 3.05) is 6.61 Å². The number of rotatable bonds is 8. The van der Waals surface area contributed by atoms with E-state index in [1.165, 1.54) is 0 Å². The van der Waals surface area contributed by atoms with Crippen LogP contribution in [-0.2, 0) is 20.8 Å². The SMILES string of the molecule is O=C(O)C(=O)N[C@@H](Cc1ccc(-c2ccccc2)cc1Cl)C[C@H](CO)C(=O)O. The number of amides is 1. The Balaban J connectivity index is 2.23. The molecule has 0 heterocycles. The Bertz CT molecular complexity index is 855. The molecule has 0 aliphatic rings. The van der Waals surface area contributed by atoms with Crippen LogP contribution in [0.1, 0.15) is 12.0 Å². The van der Waals surface area contributed by atoms with Gasteiger partial charge in [-0.25, -0.2) is 4.79 Å². The number of carboxylic acid groups (broad SMARTS) is 2. The quantitative estimate of drug-likeness (QED) is 0.499. The summed E-state index contributed by atoms with van der Waals surface area (Å²) in [6, 6.07) is 14.1. The van der Waals surface area contributed by atoms with E-state index in [4.69, 9.17) is 21.8 Å². The first-order chi connectivity index (χ1) is 13.3. The van der Waals surface area contributed by atoms with Crippen molar-refractivity contribution < 1.29 is 29.7 Å². The average molecular weight is 406 g/mol. The van der Waals surface area contributed by atoms with Crippen molar-refractivity contribution in [3.05, 3.63) is 59.1 Å². The van der Waals surface area contributed by atoms with Crippen molar-refractivity contribution in [2.45, 2.75) is 18.9 Å². The average Bonchev–Trinajstić information content (AvgIpc) is 2.67. The van der Waals surface area contributed by atoms with E-state index >= 15 is 0 Å². The minimum absolute atomic E-state index is 0.122. The molecule has 0 saturated carbocycles. The van der Waals surface area contributed by atoms with Crippen LogP contribution in [0, 0.1) is 5.92 Å². The molecule has 0 unspecified atom stereocenters. The molecule has 2 aromatic rings. The highest BCUT2D eigenvalue weighted by molar-refractivity contribution is 6.32. The van der Waals surface area contributed by atoms with Gasteiger partial charge in [0, 0.05) is 11.1 Å². The van der Waals surface area contributed by atoms with Crippen molar-refractivity contribution in [3.63, 3.8) is 0 Å². The number of aliphatic hydroxyl groups excluding tert-OH is 1. The molecule has 0 spiro atoms. The number of aliphatic hydroxyl groups is 1. The van der Waals surface area contributed by atoms with Gasteiger partial charge in [-0.3, -0.25) is 9.59 Å². The summed E-state index contributed by atoms with van der Waals surface area (Å²) in [6.07, 6.45) is -0.0156. The highest BCUT2D eigenvalue weighted by atomic mass is 35.5. The molecule has 0 bridgehead atoms. The Morgan fingerprint density at radius 3 is 2.21 bits per heavy atom. The van der Waals surface area contributed by atoms with Crippen LogP contribution in [-0.4, -0.2) is 45.8 Å². The predicted octanol–water partition coefficient (Wildman–Crippen LogP) is 2.20. The van der Waals surface area contributed by atoms with Crippen LogP contribution in [0.3, 0.4) is 0 Å². The molecule has 28 heavy (non-hydrogen) atoms. The van der Waals surface area contributed by atoms with Gasteiger partial charge in [0.15, 0.2) is 0 Å². The number of carboxylic acids is 2. The van der Waals surface area contributed by atoms with Crippen LogP contribution >= 0.6 is 11.6 Å². The fourth-order valence-electron chi connectivity index (χ4n) is 2.83. The molecule has 0 fully saturated rings. The van der Waals surface area contributed by atoms with Gasteiger partial charge < -0.3 is 20.6 Å². The lowest BCUT2D eigenvalue weighted by Crippen LogP contribution is -2.42. The maximum absolute atomic E-state index is 11.6. The molecule has 0 aliphatic carbocycles. The third-order valence-corrected chi connectivity index (χ3v) is 4.65. The van der Waals surface area contributed by atoms with Crippen LogP contribution in [0.5, 0.6) is 0 Å². The molecule has 148 valence electrons. The zero-order chi connectivity index (χ0) is 20.7. The van der Waals surface area contributed by atoms with E-state index in [-0.39, 0.29) is 12.8 Å². The molecular formula is C20H20ClNO6. The van der Waals surface area contributed by atoms with Crippen LogP contribution in [0.15, 0.2) is 48.5 Å². The van der Waals surface area contributed by atoms with Gasteiger partial charge in [-0.1, -0.05) is 54.1 Å². The third kappa shape index (κ3) is 5.80. The van der Waals surface area contributed by atoms with Gasteiger partial charge in [-0.2, -0.15) is 0 Å². The Labute approximate surface area is 166 Å². The Morgan fingerprint density at radius 2 is 1.68 bits per heavy atom. The first-order valence-electron chi connectivity index (χ1n) is 8.53. The van der Waals surface area contributed by atoms with Gasteiger partial charge in [0.25, 0.3) is 0 Å². The van der Waals surface area contributed by atoms with Crippen LogP contribution in [0.4, 0.5) is 0 Å². The molecule has 0 radical (unpaired) electrons. The smallest absolute Gasteiger partial charge is 0.394 e. The van der Waals surface area contributed by atoms with Crippen molar-refractivity contribution in [3.8, 4) is 11.1 Å². The molecule has 2 atom stereocenters. The molecule has 2 rings (SSSR count). The number of carbonyl (C=O) groups is 3. The monoisotopic (exact) mass is 405 g/mol. The van der Waals surface area contributed by atoms with E-state index in [1.807, 2.05) is 36.4 Å². The summed E-state index contributed by atoms with van der Waals surface area (Å²) in [4.78, 5) is 33.6. The van der Waals surface area contributed by atoms with Gasteiger partial charge in [0.05, 0.1) is 12.5 Å². The standard InChI is InChI=1S/C20H20ClNO6/c21-17-10-13(12-4-2-1-3-5-12)6-7-14(17)8-16(22-18(24)20(27)28)9-15(11-23)19(25)26/h1-7,10,15-16,23H,8-9,11H2,(H,22,24)(H,25,26)(H,27,28)/t15-,16+/m1/s1. The third-order valence-electron chi connectivity index (χ3n) is 4.29. The minimum atomic E-state index is -1.67. The molecule has 0 aromatic heterocycles. The lowest BCUT2D eigenvalue weighted by molar-refractivity contribution is -0.150. The zero-order valence-electron chi connectivity index (χ0n) is 14.8. The van der Waals surface area contributed by atoms with Gasteiger partial charge in [-0.15, -0.1) is 0 Å². The lowest BCUT2D eigenvalue weighted by atomic mass is 9.94. The summed E-state index contributed by atoms with van der Waals surface area (Å²) in [5.74, 6) is -5.29. The van der Waals surface area contributed by atoms with Crippen molar-refractivity contribution in [2.24, 2.45) is 5.92 Å². The van der Waals surface area contributed by atoms with Crippen LogP contribution in [0.25, 0.3) is 11.1 Å². The molecular weight excluding hydrogens is 386 g/mol. The summed E-state index contributed by atoms with van der Waals surface area (Å²) in [6.45, 7) is -0.630. The second kappa shape index (κ2) is 9.87. The van der Waals surface area contributed by atoms with E-state index in [2.05, 4.69) is 5.32 Å². The van der Waals surface area contributed by atoms with E-state index in [1.54, 1.807) is 12.1 Å². The normalized spacial score (nSPS) is 12.8. The van der Waals surface area contributed by atoms with E-state index < -0.39 is 36.4 Å². The summed E-state index contributed by atoms with van der Waals surface area (Å²) in [5, 5.41) is 29.9. The second-order valence-electron chi connectivity index (χ2n) is 6.31. The summed E-state index contributed by atoms with van der Waals surface area (Å²) >= 11 is 6.36. The number of benzene rings is 2. The summed E-state index contributed by atoms with van der Waals surface area (Å²) in [7, 11) is 0.